The molecule has 0 unspecified atom stereocenters. The van der Waals surface area contributed by atoms with Crippen LogP contribution in [0.2, 0.25) is 0 Å². The molecule has 3 nitrogen and oxygen atoms in total. The molecule has 0 N–H and O–H groups in total. The van der Waals surface area contributed by atoms with Gasteiger partial charge >= 0.3 is 0 Å². The van der Waals surface area contributed by atoms with E-state index >= 15 is 0 Å². The number of halogens is 1. The molecule has 4 heterocycles. The van der Waals surface area contributed by atoms with E-state index in [1.807, 2.05) is 31.2 Å². The number of rotatable bonds is 2. The van der Waals surface area contributed by atoms with Crippen LogP contribution in [0.5, 0.6) is 0 Å². The van der Waals surface area contributed by atoms with E-state index in [4.69, 9.17) is 9.40 Å². The number of furan rings is 1. The molecule has 6 rings (SSSR count). The molecule has 0 atom stereocenters. The van der Waals surface area contributed by atoms with Crippen molar-refractivity contribution >= 4 is 43.6 Å². The fourth-order valence-electron chi connectivity index (χ4n) is 3.80. The topological polar surface area (TPSA) is 38.9 Å². The van der Waals surface area contributed by atoms with Gasteiger partial charge in [0.1, 0.15) is 11.4 Å². The molecule has 4 aromatic heterocycles. The van der Waals surface area contributed by atoms with Gasteiger partial charge in [-0.1, -0.05) is 24.3 Å². The van der Waals surface area contributed by atoms with Crippen LogP contribution in [0.15, 0.2) is 77.2 Å². The van der Waals surface area contributed by atoms with Crippen LogP contribution in [0.4, 0.5) is 4.39 Å². The highest BCUT2D eigenvalue weighted by atomic mass is 32.1. The average molecular weight is 410 g/mol. The van der Waals surface area contributed by atoms with Crippen molar-refractivity contribution in [3.63, 3.8) is 0 Å². The van der Waals surface area contributed by atoms with Crippen LogP contribution in [0, 0.1) is 12.7 Å². The van der Waals surface area contributed by atoms with E-state index in [9.17, 15) is 4.39 Å². The minimum atomic E-state index is -0.233. The Bertz CT molecular complexity index is 1560. The van der Waals surface area contributed by atoms with Crippen LogP contribution < -0.4 is 0 Å². The first-order chi connectivity index (χ1) is 14.7. The predicted molar refractivity (Wildman–Crippen MR) is 120 cm³/mol. The maximum absolute atomic E-state index is 13.3. The number of para-hydroxylation sites is 1. The molecule has 5 heteroatoms. The number of hydrogen-bond donors (Lipinski definition) is 0. The van der Waals surface area contributed by atoms with E-state index in [-0.39, 0.29) is 5.82 Å². The van der Waals surface area contributed by atoms with Crippen LogP contribution in [-0.2, 0) is 0 Å². The minimum absolute atomic E-state index is 0.233. The zero-order chi connectivity index (χ0) is 20.2. The molecule has 0 aliphatic heterocycles. The second kappa shape index (κ2) is 6.47. The van der Waals surface area contributed by atoms with E-state index in [0.29, 0.717) is 5.71 Å². The number of fused-ring (bicyclic) bond motifs is 4. The lowest BCUT2D eigenvalue weighted by Crippen LogP contribution is -1.83. The van der Waals surface area contributed by atoms with Gasteiger partial charge in [-0.15, -0.1) is 11.3 Å². The molecule has 0 spiro atoms. The van der Waals surface area contributed by atoms with Crippen molar-refractivity contribution in [2.45, 2.75) is 6.92 Å². The largest absolute Gasteiger partial charge is 0.437 e. The number of benzene rings is 2. The van der Waals surface area contributed by atoms with Gasteiger partial charge in [0, 0.05) is 26.9 Å². The van der Waals surface area contributed by atoms with Crippen molar-refractivity contribution in [2.24, 2.45) is 0 Å². The highest BCUT2D eigenvalue weighted by molar-refractivity contribution is 7.22. The molecular weight excluding hydrogens is 395 g/mol. The number of aryl methyl sites for hydroxylation is 1. The van der Waals surface area contributed by atoms with Gasteiger partial charge in [-0.25, -0.2) is 14.4 Å². The van der Waals surface area contributed by atoms with Crippen molar-refractivity contribution in [3.8, 4) is 21.7 Å². The third-order valence-corrected chi connectivity index (χ3v) is 6.42. The Kier molecular flexibility index (Phi) is 3.73. The zero-order valence-electron chi connectivity index (χ0n) is 16.0. The summed E-state index contributed by atoms with van der Waals surface area (Å²) in [5.74, 6) is -0.233. The lowest BCUT2D eigenvalue weighted by molar-refractivity contribution is 0.628. The summed E-state index contributed by atoms with van der Waals surface area (Å²) in [6, 6.07) is 22.9. The van der Waals surface area contributed by atoms with Crippen LogP contribution in [-0.4, -0.2) is 9.97 Å². The quantitative estimate of drug-likeness (QED) is 0.299. The molecule has 0 aliphatic rings. The predicted octanol–water partition coefficient (Wildman–Crippen LogP) is 7.37. The average Bonchev–Trinajstić information content (AvgIpc) is 3.34. The Hall–Kier alpha value is -3.57. The molecule has 0 fully saturated rings. The molecule has 0 bridgehead atoms. The number of nitrogens with zero attached hydrogens (tertiary/aromatic N) is 2. The number of thiophene rings is 1. The van der Waals surface area contributed by atoms with Gasteiger partial charge in [-0.3, -0.25) is 0 Å². The molecule has 2 aromatic carbocycles. The van der Waals surface area contributed by atoms with E-state index in [0.717, 1.165) is 54.0 Å². The summed E-state index contributed by atoms with van der Waals surface area (Å²) in [4.78, 5) is 10.5. The second-order valence-electron chi connectivity index (χ2n) is 7.29. The Morgan fingerprint density at radius 3 is 2.60 bits per heavy atom. The van der Waals surface area contributed by atoms with E-state index in [1.165, 1.54) is 12.1 Å². The molecule has 0 saturated heterocycles. The molecule has 6 aromatic rings. The normalized spacial score (nSPS) is 11.7. The summed E-state index contributed by atoms with van der Waals surface area (Å²) in [6.07, 6.45) is 0. The zero-order valence-corrected chi connectivity index (χ0v) is 16.8. The molecule has 30 heavy (non-hydrogen) atoms. The summed E-state index contributed by atoms with van der Waals surface area (Å²) >= 11 is 1.65. The summed E-state index contributed by atoms with van der Waals surface area (Å²) in [5, 5.41) is 2.04. The first-order valence-electron chi connectivity index (χ1n) is 9.61. The first kappa shape index (κ1) is 17.3. The molecule has 0 amide bonds. The lowest BCUT2D eigenvalue weighted by atomic mass is 10.1. The maximum atomic E-state index is 13.3. The molecule has 0 saturated carbocycles. The summed E-state index contributed by atoms with van der Waals surface area (Å²) in [5.41, 5.74) is 6.07. The number of aromatic nitrogens is 2. The van der Waals surface area contributed by atoms with Crippen molar-refractivity contribution in [2.75, 3.05) is 0 Å². The van der Waals surface area contributed by atoms with Gasteiger partial charge in [0.2, 0.25) is 5.71 Å². The Labute approximate surface area is 175 Å². The van der Waals surface area contributed by atoms with E-state index in [1.54, 1.807) is 23.5 Å². The summed E-state index contributed by atoms with van der Waals surface area (Å²) in [6.45, 7) is 1.96. The van der Waals surface area contributed by atoms with Crippen molar-refractivity contribution in [3.05, 3.63) is 84.3 Å². The summed E-state index contributed by atoms with van der Waals surface area (Å²) in [7, 11) is 0. The van der Waals surface area contributed by atoms with Gasteiger partial charge in [0.15, 0.2) is 0 Å². The van der Waals surface area contributed by atoms with Gasteiger partial charge in [-0.05, 0) is 61.0 Å². The van der Waals surface area contributed by atoms with E-state index in [2.05, 4.69) is 29.2 Å². The standard InChI is InChI=1S/C25H15FN2OS/c1-14-5-10-18-17-3-2-4-19(24(17)29-25(18)27-14)20-11-12-22-21(28-20)13-23(30-22)15-6-8-16(26)9-7-15/h2-13H,1H3. The third-order valence-electron chi connectivity index (χ3n) is 5.28. The molecule has 0 aliphatic carbocycles. The molecular formula is C25H15FN2OS. The lowest BCUT2D eigenvalue weighted by Gasteiger charge is -2.02. The highest BCUT2D eigenvalue weighted by Gasteiger charge is 2.15. The van der Waals surface area contributed by atoms with Crippen molar-refractivity contribution < 1.29 is 8.81 Å². The Balaban J connectivity index is 1.51. The van der Waals surface area contributed by atoms with Crippen LogP contribution in [0.1, 0.15) is 5.69 Å². The second-order valence-corrected chi connectivity index (χ2v) is 8.37. The van der Waals surface area contributed by atoms with Crippen LogP contribution in [0.3, 0.4) is 0 Å². The number of hydrogen-bond acceptors (Lipinski definition) is 4. The third kappa shape index (κ3) is 2.70. The fraction of sp³-hybridized carbons (Fsp3) is 0.0400. The van der Waals surface area contributed by atoms with Crippen molar-refractivity contribution in [1.82, 2.24) is 9.97 Å². The molecule has 0 radical (unpaired) electrons. The van der Waals surface area contributed by atoms with Crippen LogP contribution in [0.25, 0.3) is 54.0 Å². The van der Waals surface area contributed by atoms with Gasteiger partial charge in [0.25, 0.3) is 0 Å². The van der Waals surface area contributed by atoms with E-state index < -0.39 is 0 Å². The fourth-order valence-corrected chi connectivity index (χ4v) is 4.81. The maximum Gasteiger partial charge on any atom is 0.227 e. The highest BCUT2D eigenvalue weighted by Crippen LogP contribution is 2.37. The Morgan fingerprint density at radius 2 is 1.73 bits per heavy atom. The van der Waals surface area contributed by atoms with Gasteiger partial charge in [-0.2, -0.15) is 0 Å². The van der Waals surface area contributed by atoms with Crippen LogP contribution >= 0.6 is 11.3 Å². The van der Waals surface area contributed by atoms with Gasteiger partial charge in [0.05, 0.1) is 15.9 Å². The van der Waals surface area contributed by atoms with Gasteiger partial charge < -0.3 is 4.42 Å². The summed E-state index contributed by atoms with van der Waals surface area (Å²) < 4.78 is 20.5. The number of pyridine rings is 2. The molecule has 144 valence electrons. The first-order valence-corrected chi connectivity index (χ1v) is 10.4. The monoisotopic (exact) mass is 410 g/mol. The smallest absolute Gasteiger partial charge is 0.227 e. The van der Waals surface area contributed by atoms with Crippen molar-refractivity contribution in [1.29, 1.82) is 0 Å². The SMILES string of the molecule is Cc1ccc2c(n1)oc1c(-c3ccc4sc(-c5ccc(F)cc5)cc4n3)cccc12. The minimum Gasteiger partial charge on any atom is -0.437 e. The Morgan fingerprint density at radius 1 is 0.867 bits per heavy atom.